The zero-order valence-corrected chi connectivity index (χ0v) is 8.54. The minimum atomic E-state index is -0.644. The monoisotopic (exact) mass is 216 g/mol. The molecule has 1 rings (SSSR count). The highest BCUT2D eigenvalue weighted by Crippen LogP contribution is 2.08. The number of hydrogen-bond acceptors (Lipinski definition) is 4. The number of aromatic nitrogens is 2. The van der Waals surface area contributed by atoms with E-state index in [0.717, 1.165) is 0 Å². The minimum absolute atomic E-state index is 0.0818. The second kappa shape index (κ2) is 4.23. The van der Waals surface area contributed by atoms with Crippen LogP contribution in [-0.2, 0) is 11.3 Å². The van der Waals surface area contributed by atoms with E-state index in [2.05, 4.69) is 9.84 Å². The molecule has 0 aromatic carbocycles. The molecule has 0 saturated carbocycles. The summed E-state index contributed by atoms with van der Waals surface area (Å²) < 4.78 is 5.81. The Morgan fingerprint density at radius 1 is 1.64 bits per heavy atom. The summed E-state index contributed by atoms with van der Waals surface area (Å²) in [5.41, 5.74) is 0.271. The molecule has 0 unspecified atom stereocenters. The first kappa shape index (κ1) is 10.7. The largest absolute Gasteiger partial charge is 0.464 e. The van der Waals surface area contributed by atoms with Crippen LogP contribution < -0.4 is 0 Å². The third kappa shape index (κ3) is 1.93. The fourth-order valence-electron chi connectivity index (χ4n) is 1.02. The molecule has 14 heavy (non-hydrogen) atoms. The van der Waals surface area contributed by atoms with Gasteiger partial charge in [-0.1, -0.05) is 0 Å². The molecular formula is C8H9ClN2O3. The number of esters is 1. The number of aryl methyl sites for hydroxylation is 1. The predicted molar refractivity (Wildman–Crippen MR) is 49.4 cm³/mol. The third-order valence-electron chi connectivity index (χ3n) is 1.68. The van der Waals surface area contributed by atoms with E-state index < -0.39 is 11.2 Å². The first-order valence-corrected chi connectivity index (χ1v) is 4.34. The molecule has 0 aliphatic heterocycles. The number of rotatable bonds is 3. The highest BCUT2D eigenvalue weighted by molar-refractivity contribution is 6.67. The summed E-state index contributed by atoms with van der Waals surface area (Å²) in [6, 6.07) is 1.31. The summed E-state index contributed by atoms with van der Waals surface area (Å²) in [5.74, 6) is -0.587. The maximum absolute atomic E-state index is 11.1. The molecule has 0 aliphatic rings. The van der Waals surface area contributed by atoms with Crippen molar-refractivity contribution < 1.29 is 14.3 Å². The number of ether oxygens (including phenoxy) is 1. The number of carbonyl (C=O) groups is 2. The normalized spacial score (nSPS) is 9.93. The van der Waals surface area contributed by atoms with Gasteiger partial charge in [-0.25, -0.2) is 4.79 Å². The van der Waals surface area contributed by atoms with Crippen molar-refractivity contribution in [3.05, 3.63) is 17.5 Å². The van der Waals surface area contributed by atoms with E-state index >= 15 is 0 Å². The average Bonchev–Trinajstić information content (AvgIpc) is 2.60. The third-order valence-corrected chi connectivity index (χ3v) is 1.87. The number of methoxy groups -OCH3 is 1. The molecule has 6 heteroatoms. The van der Waals surface area contributed by atoms with Gasteiger partial charge in [0, 0.05) is 12.6 Å². The molecule has 0 N–H and O–H groups in total. The quantitative estimate of drug-likeness (QED) is 0.560. The van der Waals surface area contributed by atoms with Crippen LogP contribution in [-0.4, -0.2) is 28.1 Å². The van der Waals surface area contributed by atoms with E-state index in [9.17, 15) is 9.59 Å². The summed E-state index contributed by atoms with van der Waals surface area (Å²) in [6.45, 7) is 2.25. The molecule has 1 heterocycles. The van der Waals surface area contributed by atoms with Crippen molar-refractivity contribution in [3.63, 3.8) is 0 Å². The van der Waals surface area contributed by atoms with Crippen LogP contribution in [0.3, 0.4) is 0 Å². The zero-order valence-electron chi connectivity index (χ0n) is 7.78. The van der Waals surface area contributed by atoms with Crippen LogP contribution in [0.2, 0.25) is 0 Å². The first-order valence-electron chi connectivity index (χ1n) is 3.96. The summed E-state index contributed by atoms with van der Waals surface area (Å²) in [7, 11) is 1.25. The second-order valence-electron chi connectivity index (χ2n) is 2.50. The van der Waals surface area contributed by atoms with Crippen molar-refractivity contribution >= 4 is 22.8 Å². The van der Waals surface area contributed by atoms with Gasteiger partial charge in [-0.05, 0) is 18.5 Å². The lowest BCUT2D eigenvalue weighted by atomic mass is 10.3. The van der Waals surface area contributed by atoms with Crippen molar-refractivity contribution in [2.45, 2.75) is 13.5 Å². The van der Waals surface area contributed by atoms with Crippen LogP contribution in [0.5, 0.6) is 0 Å². The predicted octanol–water partition coefficient (Wildman–Crippen LogP) is 1.07. The van der Waals surface area contributed by atoms with Gasteiger partial charge in [-0.2, -0.15) is 5.10 Å². The van der Waals surface area contributed by atoms with E-state index in [1.54, 1.807) is 6.92 Å². The Hall–Kier alpha value is -1.36. The topological polar surface area (TPSA) is 61.2 Å². The Labute approximate surface area is 85.6 Å². The first-order chi connectivity index (χ1) is 6.60. The van der Waals surface area contributed by atoms with E-state index in [-0.39, 0.29) is 11.4 Å². The van der Waals surface area contributed by atoms with Crippen molar-refractivity contribution in [1.82, 2.24) is 9.78 Å². The molecule has 1 aromatic heterocycles. The summed E-state index contributed by atoms with van der Waals surface area (Å²) in [6.07, 6.45) is 0. The molecule has 0 atom stereocenters. The van der Waals surface area contributed by atoms with Gasteiger partial charge in [0.25, 0.3) is 5.24 Å². The van der Waals surface area contributed by atoms with E-state index in [1.165, 1.54) is 17.9 Å². The number of halogens is 1. The zero-order chi connectivity index (χ0) is 10.7. The van der Waals surface area contributed by atoms with Gasteiger partial charge in [-0.15, -0.1) is 0 Å². The standard InChI is InChI=1S/C8H9ClN2O3/c1-3-11-6(7(9)12)4-5(10-11)8(13)14-2/h4H,3H2,1-2H3. The van der Waals surface area contributed by atoms with Crippen molar-refractivity contribution in [1.29, 1.82) is 0 Å². The molecule has 76 valence electrons. The van der Waals surface area contributed by atoms with Crippen LogP contribution in [0.1, 0.15) is 27.9 Å². The molecular weight excluding hydrogens is 208 g/mol. The van der Waals surface area contributed by atoms with Crippen LogP contribution in [0.15, 0.2) is 6.07 Å². The van der Waals surface area contributed by atoms with Crippen molar-refractivity contribution in [3.8, 4) is 0 Å². The SMILES string of the molecule is CCn1nc(C(=O)OC)cc1C(=O)Cl. The maximum Gasteiger partial charge on any atom is 0.358 e. The van der Waals surface area contributed by atoms with Gasteiger partial charge < -0.3 is 4.74 Å². The van der Waals surface area contributed by atoms with Gasteiger partial charge in [0.2, 0.25) is 0 Å². The molecule has 0 spiro atoms. The number of hydrogen-bond donors (Lipinski definition) is 0. The Kier molecular flexibility index (Phi) is 3.24. The highest BCUT2D eigenvalue weighted by Gasteiger charge is 2.17. The Balaban J connectivity index is 3.13. The maximum atomic E-state index is 11.1. The fraction of sp³-hybridized carbons (Fsp3) is 0.375. The summed E-state index contributed by atoms with van der Waals surface area (Å²) >= 11 is 5.30. The van der Waals surface area contributed by atoms with Crippen LogP contribution in [0.4, 0.5) is 0 Å². The molecule has 0 fully saturated rings. The Morgan fingerprint density at radius 2 is 2.29 bits per heavy atom. The number of carbonyl (C=O) groups excluding carboxylic acids is 2. The van der Waals surface area contributed by atoms with Crippen molar-refractivity contribution in [2.24, 2.45) is 0 Å². The highest BCUT2D eigenvalue weighted by atomic mass is 35.5. The molecule has 0 saturated heterocycles. The summed E-state index contributed by atoms with van der Waals surface area (Å²) in [5, 5.41) is 3.21. The van der Waals surface area contributed by atoms with E-state index in [4.69, 9.17) is 11.6 Å². The molecule has 0 radical (unpaired) electrons. The van der Waals surface area contributed by atoms with Crippen LogP contribution in [0, 0.1) is 0 Å². The van der Waals surface area contributed by atoms with E-state index in [0.29, 0.717) is 6.54 Å². The van der Waals surface area contributed by atoms with Gasteiger partial charge in [-0.3, -0.25) is 9.48 Å². The minimum Gasteiger partial charge on any atom is -0.464 e. The number of nitrogens with zero attached hydrogens (tertiary/aromatic N) is 2. The molecule has 0 amide bonds. The van der Waals surface area contributed by atoms with Gasteiger partial charge in [0.15, 0.2) is 5.69 Å². The smallest absolute Gasteiger partial charge is 0.358 e. The Morgan fingerprint density at radius 3 is 2.64 bits per heavy atom. The average molecular weight is 217 g/mol. The molecule has 5 nitrogen and oxygen atoms in total. The van der Waals surface area contributed by atoms with Gasteiger partial charge in [0.05, 0.1) is 7.11 Å². The van der Waals surface area contributed by atoms with Gasteiger partial charge in [0.1, 0.15) is 5.69 Å². The molecule has 1 aromatic rings. The lowest BCUT2D eigenvalue weighted by Gasteiger charge is -1.97. The lowest BCUT2D eigenvalue weighted by Crippen LogP contribution is -2.06. The molecule has 0 aliphatic carbocycles. The van der Waals surface area contributed by atoms with Crippen LogP contribution in [0.25, 0.3) is 0 Å². The molecule has 0 bridgehead atoms. The van der Waals surface area contributed by atoms with Crippen molar-refractivity contribution in [2.75, 3.05) is 7.11 Å². The van der Waals surface area contributed by atoms with Gasteiger partial charge >= 0.3 is 5.97 Å². The summed E-state index contributed by atoms with van der Waals surface area (Å²) in [4.78, 5) is 22.0. The van der Waals surface area contributed by atoms with Crippen LogP contribution >= 0.6 is 11.6 Å². The fourth-order valence-corrected chi connectivity index (χ4v) is 1.17. The Bertz CT molecular complexity index is 373. The lowest BCUT2D eigenvalue weighted by molar-refractivity contribution is 0.0593. The van der Waals surface area contributed by atoms with E-state index in [1.807, 2.05) is 0 Å². The second-order valence-corrected chi connectivity index (χ2v) is 2.84.